The predicted molar refractivity (Wildman–Crippen MR) is 64.0 cm³/mol. The minimum Gasteiger partial charge on any atom is -0.399 e. The Morgan fingerprint density at radius 2 is 2.00 bits per heavy atom. The molecule has 0 saturated heterocycles. The zero-order valence-electron chi connectivity index (χ0n) is 9.73. The second-order valence-electron chi connectivity index (χ2n) is 3.71. The molecule has 2 heteroatoms. The molecule has 0 saturated carbocycles. The second kappa shape index (κ2) is 6.23. The zero-order valence-corrected chi connectivity index (χ0v) is 9.73. The minimum atomic E-state index is 0.442. The average molecular weight is 205 g/mol. The van der Waals surface area contributed by atoms with E-state index >= 15 is 0 Å². The molecule has 1 rings (SSSR count). The summed E-state index contributed by atoms with van der Waals surface area (Å²) in [5.41, 5.74) is 2.48. The first-order chi connectivity index (χ1) is 7.27. The lowest BCUT2D eigenvalue weighted by molar-refractivity contribution is 0.210. The molecule has 0 radical (unpaired) electrons. The van der Waals surface area contributed by atoms with Gasteiger partial charge >= 0.3 is 0 Å². The van der Waals surface area contributed by atoms with Crippen LogP contribution in [0.5, 0.6) is 0 Å². The van der Waals surface area contributed by atoms with Gasteiger partial charge in [0.2, 0.25) is 0 Å². The molecule has 0 aliphatic rings. The largest absolute Gasteiger partial charge is 0.399 e. The zero-order chi connectivity index (χ0) is 11.1. The summed E-state index contributed by atoms with van der Waals surface area (Å²) in [6, 6.07) is 10.5. The highest BCUT2D eigenvalue weighted by molar-refractivity contribution is 5.85. The number of benzene rings is 1. The maximum Gasteiger partial charge on any atom is 0.106 e. The molecule has 0 aliphatic heterocycles. The van der Waals surface area contributed by atoms with E-state index in [4.69, 9.17) is 4.84 Å². The highest BCUT2D eigenvalue weighted by atomic mass is 16.6. The van der Waals surface area contributed by atoms with E-state index in [2.05, 4.69) is 43.3 Å². The van der Waals surface area contributed by atoms with Gasteiger partial charge in [-0.2, -0.15) is 0 Å². The van der Waals surface area contributed by atoms with Crippen molar-refractivity contribution < 1.29 is 4.84 Å². The number of nitrogens with zero attached hydrogens (tertiary/aromatic N) is 1. The average Bonchev–Trinajstić information content (AvgIpc) is 2.27. The van der Waals surface area contributed by atoms with Gasteiger partial charge in [0.15, 0.2) is 0 Å². The smallest absolute Gasteiger partial charge is 0.106 e. The first-order valence-electron chi connectivity index (χ1n) is 5.41. The monoisotopic (exact) mass is 205 g/mol. The van der Waals surface area contributed by atoms with Crippen LogP contribution >= 0.6 is 0 Å². The van der Waals surface area contributed by atoms with E-state index in [1.54, 1.807) is 7.11 Å². The van der Waals surface area contributed by atoms with Crippen LogP contribution in [0, 0.1) is 5.92 Å². The van der Waals surface area contributed by atoms with Crippen molar-refractivity contribution in [1.29, 1.82) is 0 Å². The molecule has 0 amide bonds. The Balaban J connectivity index is 2.62. The van der Waals surface area contributed by atoms with Crippen LogP contribution in [0.3, 0.4) is 0 Å². The fraction of sp³-hybridized carbons (Fsp3) is 0.462. The highest BCUT2D eigenvalue weighted by Crippen LogP contribution is 2.11. The van der Waals surface area contributed by atoms with Crippen LogP contribution in [0.25, 0.3) is 0 Å². The van der Waals surface area contributed by atoms with Gasteiger partial charge in [-0.25, -0.2) is 0 Å². The van der Waals surface area contributed by atoms with Crippen LogP contribution in [-0.4, -0.2) is 12.8 Å². The topological polar surface area (TPSA) is 21.6 Å². The van der Waals surface area contributed by atoms with Gasteiger partial charge in [0.25, 0.3) is 0 Å². The van der Waals surface area contributed by atoms with Crippen LogP contribution < -0.4 is 0 Å². The molecular weight excluding hydrogens is 186 g/mol. The van der Waals surface area contributed by atoms with Crippen molar-refractivity contribution >= 4 is 5.71 Å². The molecule has 0 spiro atoms. The first kappa shape index (κ1) is 11.8. The predicted octanol–water partition coefficient (Wildman–Crippen LogP) is 3.28. The van der Waals surface area contributed by atoms with Crippen LogP contribution in [-0.2, 0) is 11.3 Å². The van der Waals surface area contributed by atoms with Gasteiger partial charge in [0.05, 0.1) is 5.71 Å². The van der Waals surface area contributed by atoms with Gasteiger partial charge in [-0.1, -0.05) is 49.3 Å². The third-order valence-corrected chi connectivity index (χ3v) is 2.52. The summed E-state index contributed by atoms with van der Waals surface area (Å²) < 4.78 is 0. The van der Waals surface area contributed by atoms with E-state index < -0.39 is 0 Å². The number of hydrogen-bond acceptors (Lipinski definition) is 2. The van der Waals surface area contributed by atoms with Gasteiger partial charge in [-0.3, -0.25) is 0 Å². The molecule has 0 N–H and O–H groups in total. The Morgan fingerprint density at radius 3 is 2.53 bits per heavy atom. The fourth-order valence-corrected chi connectivity index (χ4v) is 1.71. The quantitative estimate of drug-likeness (QED) is 0.534. The number of hydrogen-bond donors (Lipinski definition) is 0. The molecule has 2 nitrogen and oxygen atoms in total. The summed E-state index contributed by atoms with van der Waals surface area (Å²) in [5.74, 6) is 0.442. The Hall–Kier alpha value is -1.31. The molecular formula is C13H19NO. The maximum absolute atomic E-state index is 4.84. The Bertz CT molecular complexity index is 306. The third-order valence-electron chi connectivity index (χ3n) is 2.52. The van der Waals surface area contributed by atoms with E-state index in [0.29, 0.717) is 5.92 Å². The normalized spacial score (nSPS) is 13.7. The molecule has 1 aromatic carbocycles. The summed E-state index contributed by atoms with van der Waals surface area (Å²) in [5, 5.41) is 4.06. The lowest BCUT2D eigenvalue weighted by Crippen LogP contribution is -2.13. The molecule has 0 fully saturated rings. The summed E-state index contributed by atoms with van der Waals surface area (Å²) in [6.45, 7) is 4.30. The van der Waals surface area contributed by atoms with E-state index in [0.717, 1.165) is 18.6 Å². The van der Waals surface area contributed by atoms with Crippen molar-refractivity contribution in [1.82, 2.24) is 0 Å². The molecule has 0 aliphatic carbocycles. The van der Waals surface area contributed by atoms with Gasteiger partial charge < -0.3 is 4.84 Å². The van der Waals surface area contributed by atoms with Crippen LogP contribution in [0.4, 0.5) is 0 Å². The molecule has 0 bridgehead atoms. The van der Waals surface area contributed by atoms with E-state index in [1.807, 2.05) is 6.07 Å². The highest BCUT2D eigenvalue weighted by Gasteiger charge is 2.10. The van der Waals surface area contributed by atoms with Gasteiger partial charge in [0, 0.05) is 5.92 Å². The van der Waals surface area contributed by atoms with Gasteiger partial charge in [-0.05, 0) is 18.4 Å². The van der Waals surface area contributed by atoms with Gasteiger partial charge in [-0.15, -0.1) is 0 Å². The number of rotatable bonds is 5. The van der Waals surface area contributed by atoms with E-state index in [1.165, 1.54) is 5.56 Å². The lowest BCUT2D eigenvalue weighted by Gasteiger charge is -2.12. The van der Waals surface area contributed by atoms with Crippen molar-refractivity contribution in [3.05, 3.63) is 35.9 Å². The van der Waals surface area contributed by atoms with Crippen LogP contribution in [0.15, 0.2) is 35.5 Å². The van der Waals surface area contributed by atoms with Crippen molar-refractivity contribution in [2.75, 3.05) is 7.11 Å². The second-order valence-corrected chi connectivity index (χ2v) is 3.71. The molecule has 15 heavy (non-hydrogen) atoms. The first-order valence-corrected chi connectivity index (χ1v) is 5.41. The van der Waals surface area contributed by atoms with Crippen LogP contribution in [0.2, 0.25) is 0 Å². The van der Waals surface area contributed by atoms with Crippen molar-refractivity contribution in [2.24, 2.45) is 11.1 Å². The molecule has 82 valence electrons. The Morgan fingerprint density at radius 1 is 1.33 bits per heavy atom. The van der Waals surface area contributed by atoms with E-state index in [9.17, 15) is 0 Å². The van der Waals surface area contributed by atoms with Crippen molar-refractivity contribution in [3.63, 3.8) is 0 Å². The molecule has 1 unspecified atom stereocenters. The summed E-state index contributed by atoms with van der Waals surface area (Å²) >= 11 is 0. The van der Waals surface area contributed by atoms with Gasteiger partial charge in [0.1, 0.15) is 7.11 Å². The molecule has 0 heterocycles. The Kier molecular flexibility index (Phi) is 4.88. The standard InChI is InChI=1S/C13H19NO/c1-4-13(14-15-3)11(2)10-12-8-6-5-7-9-12/h5-9,11H,4,10H2,1-3H3. The van der Waals surface area contributed by atoms with Crippen LogP contribution in [0.1, 0.15) is 25.8 Å². The molecule has 1 aromatic rings. The van der Waals surface area contributed by atoms with Crippen molar-refractivity contribution in [3.8, 4) is 0 Å². The summed E-state index contributed by atoms with van der Waals surface area (Å²) in [6.07, 6.45) is 1.97. The summed E-state index contributed by atoms with van der Waals surface area (Å²) in [4.78, 5) is 4.84. The maximum atomic E-state index is 4.84. The minimum absolute atomic E-state index is 0.442. The summed E-state index contributed by atoms with van der Waals surface area (Å²) in [7, 11) is 1.60. The third kappa shape index (κ3) is 3.74. The molecule has 0 aromatic heterocycles. The lowest BCUT2D eigenvalue weighted by atomic mass is 9.95. The number of oxime groups is 1. The molecule has 1 atom stereocenters. The van der Waals surface area contributed by atoms with Crippen molar-refractivity contribution in [2.45, 2.75) is 26.7 Å². The SMILES string of the molecule is CCC(=NOC)C(C)Cc1ccccc1. The van der Waals surface area contributed by atoms with E-state index in [-0.39, 0.29) is 0 Å². The Labute approximate surface area is 91.9 Å². The fourth-order valence-electron chi connectivity index (χ4n) is 1.71.